The van der Waals surface area contributed by atoms with E-state index in [1.807, 2.05) is 32.0 Å². The van der Waals surface area contributed by atoms with Crippen LogP contribution in [0, 0.1) is 17.3 Å². The number of alkyl carbamates (subject to hydrolysis) is 1. The fourth-order valence-electron chi connectivity index (χ4n) is 7.01. The van der Waals surface area contributed by atoms with Crippen LogP contribution in [0.1, 0.15) is 69.1 Å². The minimum atomic E-state index is -3.89. The first-order valence-electron chi connectivity index (χ1n) is 16.9. The summed E-state index contributed by atoms with van der Waals surface area (Å²) < 4.78 is 38.6. The second-order valence-corrected chi connectivity index (χ2v) is 16.6. The fraction of sp³-hybridized carbons (Fsp3) is 0.571. The number of ether oxygens (including phenoxy) is 2. The highest BCUT2D eigenvalue weighted by Crippen LogP contribution is 2.45. The van der Waals surface area contributed by atoms with E-state index in [0.717, 1.165) is 29.5 Å². The van der Waals surface area contributed by atoms with Crippen molar-refractivity contribution in [2.75, 3.05) is 19.7 Å². The maximum absolute atomic E-state index is 13.9. The number of cyclic esters (lactones) is 1. The Morgan fingerprint density at radius 1 is 1.14 bits per heavy atom. The van der Waals surface area contributed by atoms with Crippen molar-refractivity contribution in [1.29, 1.82) is 0 Å². The minimum Gasteiger partial charge on any atom is -0.460 e. The molecule has 1 aromatic rings. The molecule has 2 aliphatic heterocycles. The summed E-state index contributed by atoms with van der Waals surface area (Å²) in [5, 5.41) is 4.52. The van der Waals surface area contributed by atoms with Crippen LogP contribution in [-0.4, -0.2) is 85.7 Å². The molecular weight excluding hydrogens is 652 g/mol. The van der Waals surface area contributed by atoms with Crippen LogP contribution in [0.2, 0.25) is 0 Å². The molecule has 4 amide bonds. The predicted octanol–water partition coefficient (Wildman–Crippen LogP) is 2.14. The van der Waals surface area contributed by atoms with Crippen molar-refractivity contribution in [3.8, 4) is 0 Å². The van der Waals surface area contributed by atoms with Crippen molar-refractivity contribution in [3.63, 3.8) is 0 Å². The van der Waals surface area contributed by atoms with Gasteiger partial charge in [-0.25, -0.2) is 13.2 Å². The molecule has 2 saturated carbocycles. The molecule has 1 unspecified atom stereocenters. The number of rotatable bonds is 6. The van der Waals surface area contributed by atoms with Gasteiger partial charge in [0.15, 0.2) is 0 Å². The molecule has 1 aromatic carbocycles. The Balaban J connectivity index is 1.22. The van der Waals surface area contributed by atoms with Gasteiger partial charge in [0.1, 0.15) is 24.2 Å². The quantitative estimate of drug-likeness (QED) is 0.297. The monoisotopic (exact) mass is 696 g/mol. The van der Waals surface area contributed by atoms with Crippen LogP contribution in [0.5, 0.6) is 0 Å². The number of fused-ring (bicyclic) bond motifs is 3. The Labute approximate surface area is 286 Å². The molecule has 14 heteroatoms. The van der Waals surface area contributed by atoms with Gasteiger partial charge in [-0.2, -0.15) is 0 Å². The number of allylic oxidation sites excluding steroid dienone is 1. The highest BCUT2D eigenvalue weighted by atomic mass is 32.2. The lowest BCUT2D eigenvalue weighted by atomic mass is 9.88. The summed E-state index contributed by atoms with van der Waals surface area (Å²) in [5.74, 6) is -3.56. The van der Waals surface area contributed by atoms with E-state index in [9.17, 15) is 32.4 Å². The van der Waals surface area contributed by atoms with Crippen molar-refractivity contribution in [3.05, 3.63) is 53.6 Å². The molecule has 13 nitrogen and oxygen atoms in total. The molecule has 264 valence electrons. The Morgan fingerprint density at radius 3 is 2.63 bits per heavy atom. The smallest absolute Gasteiger partial charge is 0.407 e. The van der Waals surface area contributed by atoms with Crippen LogP contribution in [0.3, 0.4) is 0 Å². The summed E-state index contributed by atoms with van der Waals surface area (Å²) in [5.41, 5.74) is 1.30. The van der Waals surface area contributed by atoms with Crippen molar-refractivity contribution in [2.45, 2.75) is 88.1 Å². The van der Waals surface area contributed by atoms with E-state index in [1.54, 1.807) is 0 Å². The number of benzene rings is 1. The lowest BCUT2D eigenvalue weighted by Gasteiger charge is -2.27. The average Bonchev–Trinajstić information content (AvgIpc) is 3.94. The van der Waals surface area contributed by atoms with Gasteiger partial charge in [-0.05, 0) is 67.1 Å². The van der Waals surface area contributed by atoms with Gasteiger partial charge in [0.05, 0.1) is 24.3 Å². The van der Waals surface area contributed by atoms with Crippen molar-refractivity contribution in [1.82, 2.24) is 20.3 Å². The third kappa shape index (κ3) is 7.53. The number of hydrogen-bond acceptors (Lipinski definition) is 9. The molecule has 0 spiro atoms. The topological polar surface area (TPSA) is 177 Å². The van der Waals surface area contributed by atoms with E-state index in [0.29, 0.717) is 25.7 Å². The first-order valence-corrected chi connectivity index (χ1v) is 18.4. The van der Waals surface area contributed by atoms with Gasteiger partial charge in [-0.1, -0.05) is 50.3 Å². The van der Waals surface area contributed by atoms with E-state index < -0.39 is 81.1 Å². The van der Waals surface area contributed by atoms with E-state index in [1.165, 1.54) is 11.0 Å². The van der Waals surface area contributed by atoms with Crippen LogP contribution in [0.25, 0.3) is 6.08 Å². The molecule has 3 aliphatic carbocycles. The zero-order valence-corrected chi connectivity index (χ0v) is 28.7. The molecule has 0 radical (unpaired) electrons. The number of carbonyl (C=O) groups is 5. The average molecular weight is 697 g/mol. The molecular formula is C35H44N4O9S. The number of nitrogens with zero attached hydrogens (tertiary/aromatic N) is 1. The molecule has 4 bridgehead atoms. The zero-order valence-electron chi connectivity index (χ0n) is 27.9. The summed E-state index contributed by atoms with van der Waals surface area (Å²) in [6, 6.07) is 4.83. The van der Waals surface area contributed by atoms with Crippen molar-refractivity contribution in [2.24, 2.45) is 17.3 Å². The van der Waals surface area contributed by atoms with E-state index >= 15 is 0 Å². The second-order valence-electron chi connectivity index (χ2n) is 14.7. The minimum absolute atomic E-state index is 0.0492. The molecule has 49 heavy (non-hydrogen) atoms. The normalized spacial score (nSPS) is 30.7. The molecule has 3 fully saturated rings. The molecule has 6 rings (SSSR count). The summed E-state index contributed by atoms with van der Waals surface area (Å²) >= 11 is 0. The fourth-order valence-corrected chi connectivity index (χ4v) is 8.37. The summed E-state index contributed by atoms with van der Waals surface area (Å²) in [7, 11) is -3.89. The van der Waals surface area contributed by atoms with E-state index in [2.05, 4.69) is 34.1 Å². The zero-order chi connectivity index (χ0) is 35.1. The predicted molar refractivity (Wildman–Crippen MR) is 178 cm³/mol. The summed E-state index contributed by atoms with van der Waals surface area (Å²) in [6.45, 7) is 7.23. The van der Waals surface area contributed by atoms with Crippen LogP contribution in [-0.2, 0) is 51.5 Å². The molecule has 2 heterocycles. The van der Waals surface area contributed by atoms with Gasteiger partial charge >= 0.3 is 12.1 Å². The lowest BCUT2D eigenvalue weighted by Crippen LogP contribution is -2.57. The first-order chi connectivity index (χ1) is 23.2. The maximum atomic E-state index is 13.9. The van der Waals surface area contributed by atoms with Crippen molar-refractivity contribution >= 4 is 45.9 Å². The van der Waals surface area contributed by atoms with Crippen LogP contribution < -0.4 is 15.4 Å². The van der Waals surface area contributed by atoms with Gasteiger partial charge < -0.3 is 25.0 Å². The lowest BCUT2D eigenvalue weighted by molar-refractivity contribution is -0.153. The Hall–Kier alpha value is -4.20. The molecule has 3 N–H and O–H groups in total. The first kappa shape index (κ1) is 34.7. The van der Waals surface area contributed by atoms with Gasteiger partial charge in [0.25, 0.3) is 5.91 Å². The SMILES string of the molecule is C=C[C@@H]1C[C@]1(NC(=O)[C@@H]1C[C@@H]2CN1C(=O)CNC(=O)OCC(C)(C)CC/C=C/c1cccc3c1CC(C3)C(=O)O2)C(=O)NS(=O)(=O)C1CC1. The summed E-state index contributed by atoms with van der Waals surface area (Å²) in [6.07, 6.45) is 7.50. The van der Waals surface area contributed by atoms with Gasteiger partial charge in [0, 0.05) is 12.3 Å². The highest BCUT2D eigenvalue weighted by molar-refractivity contribution is 7.91. The molecule has 5 atom stereocenters. The van der Waals surface area contributed by atoms with E-state index in [4.69, 9.17) is 9.47 Å². The number of nitrogens with one attached hydrogen (secondary N) is 3. The Morgan fingerprint density at radius 2 is 1.92 bits per heavy atom. The Bertz CT molecular complexity index is 1700. The van der Waals surface area contributed by atoms with Gasteiger partial charge in [0.2, 0.25) is 21.8 Å². The number of hydrogen-bond donors (Lipinski definition) is 3. The van der Waals surface area contributed by atoms with Gasteiger partial charge in [-0.15, -0.1) is 6.58 Å². The highest BCUT2D eigenvalue weighted by Gasteiger charge is 2.62. The largest absolute Gasteiger partial charge is 0.460 e. The number of sulfonamides is 1. The third-order valence-electron chi connectivity index (χ3n) is 10.2. The van der Waals surface area contributed by atoms with Crippen LogP contribution in [0.4, 0.5) is 4.79 Å². The summed E-state index contributed by atoms with van der Waals surface area (Å²) in [4.78, 5) is 67.9. The van der Waals surface area contributed by atoms with Crippen molar-refractivity contribution < 1.29 is 41.9 Å². The van der Waals surface area contributed by atoms with E-state index in [-0.39, 0.29) is 31.4 Å². The molecule has 0 aromatic heterocycles. The Kier molecular flexibility index (Phi) is 9.38. The maximum Gasteiger partial charge on any atom is 0.407 e. The number of amides is 4. The number of carbonyl (C=O) groups excluding carboxylic acids is 5. The third-order valence-corrected chi connectivity index (χ3v) is 12.1. The standard InChI is InChI=1S/C35H44N4O9S/c1-4-24-17-35(24,32(43)38-49(45,46)26-11-12-26)37-30(41)28-16-25-19-39(28)29(40)18-36-33(44)47-20-34(2,3)13-6-5-8-21-9-7-10-22-14-23(15-27(21)22)31(42)48-25/h4-5,7-10,23-26,28H,1,6,11-20H2,2-3H3,(H,36,44)(H,37,41)(H,38,43)/b8-5+/t23?,24-,25-,28+,35-/m1/s1. The van der Waals surface area contributed by atoms with Gasteiger partial charge in [-0.3, -0.25) is 23.9 Å². The van der Waals surface area contributed by atoms with Crippen LogP contribution in [0.15, 0.2) is 36.9 Å². The van der Waals surface area contributed by atoms with Crippen LogP contribution >= 0.6 is 0 Å². The number of esters is 1. The molecule has 1 saturated heterocycles. The second kappa shape index (κ2) is 13.3. The molecule has 5 aliphatic rings.